The van der Waals surface area contributed by atoms with Crippen molar-refractivity contribution in [2.75, 3.05) is 37.7 Å². The van der Waals surface area contributed by atoms with Crippen molar-refractivity contribution in [1.82, 2.24) is 10.2 Å². The molecule has 16 heavy (non-hydrogen) atoms. The third-order valence-electron chi connectivity index (χ3n) is 2.99. The highest BCUT2D eigenvalue weighted by atomic mass is 32.2. The predicted octanol–water partition coefficient (Wildman–Crippen LogP) is 0.495. The molecule has 1 fully saturated rings. The van der Waals surface area contributed by atoms with Crippen molar-refractivity contribution < 1.29 is 8.42 Å². The first-order valence-corrected chi connectivity index (χ1v) is 8.06. The minimum absolute atomic E-state index is 0.317. The minimum atomic E-state index is -2.82. The van der Waals surface area contributed by atoms with Crippen molar-refractivity contribution in [3.05, 3.63) is 0 Å². The molecule has 1 heterocycles. The smallest absolute Gasteiger partial charge is 0.151 e. The van der Waals surface area contributed by atoms with Crippen LogP contribution >= 0.6 is 0 Å². The van der Waals surface area contributed by atoms with E-state index < -0.39 is 9.84 Å². The molecule has 0 aromatic carbocycles. The van der Waals surface area contributed by atoms with Crippen LogP contribution in [0.2, 0.25) is 0 Å². The standard InChI is InChI=1S/C11H24N2O2S/c1-3-5-13(11-9-12-10-11)6-8-16(14,15)7-4-2/h11-12H,3-10H2,1-2H3. The Bertz CT molecular complexity index is 286. The van der Waals surface area contributed by atoms with Gasteiger partial charge in [0.1, 0.15) is 0 Å². The summed E-state index contributed by atoms with van der Waals surface area (Å²) in [6.45, 7) is 7.77. The lowest BCUT2D eigenvalue weighted by atomic mass is 10.1. The average molecular weight is 248 g/mol. The fourth-order valence-electron chi connectivity index (χ4n) is 1.97. The van der Waals surface area contributed by atoms with Crippen LogP contribution in [0.4, 0.5) is 0 Å². The molecule has 0 bridgehead atoms. The summed E-state index contributed by atoms with van der Waals surface area (Å²) in [6.07, 6.45) is 1.81. The molecule has 0 unspecified atom stereocenters. The Hall–Kier alpha value is -0.130. The van der Waals surface area contributed by atoms with Crippen molar-refractivity contribution in [3.8, 4) is 0 Å². The first-order valence-electron chi connectivity index (χ1n) is 6.24. The van der Waals surface area contributed by atoms with E-state index in [2.05, 4.69) is 17.1 Å². The van der Waals surface area contributed by atoms with Gasteiger partial charge < -0.3 is 5.32 Å². The fourth-order valence-corrected chi connectivity index (χ4v) is 3.30. The summed E-state index contributed by atoms with van der Waals surface area (Å²) in [5, 5.41) is 3.23. The Balaban J connectivity index is 2.36. The molecular weight excluding hydrogens is 224 g/mol. The van der Waals surface area contributed by atoms with Gasteiger partial charge in [-0.25, -0.2) is 8.42 Å². The van der Waals surface area contributed by atoms with E-state index in [-0.39, 0.29) is 0 Å². The molecule has 0 aromatic rings. The van der Waals surface area contributed by atoms with Crippen LogP contribution < -0.4 is 5.32 Å². The molecule has 1 rings (SSSR count). The molecule has 0 aliphatic carbocycles. The van der Waals surface area contributed by atoms with Crippen LogP contribution in [0.25, 0.3) is 0 Å². The maximum Gasteiger partial charge on any atom is 0.151 e. The summed E-state index contributed by atoms with van der Waals surface area (Å²) in [5.41, 5.74) is 0. The topological polar surface area (TPSA) is 49.4 Å². The Morgan fingerprint density at radius 1 is 1.12 bits per heavy atom. The molecule has 1 saturated heterocycles. The molecule has 1 aliphatic rings. The number of sulfone groups is 1. The molecule has 1 aliphatic heterocycles. The SMILES string of the molecule is CCCN(CCS(=O)(=O)CCC)C1CNC1. The van der Waals surface area contributed by atoms with Crippen LogP contribution in [-0.2, 0) is 9.84 Å². The average Bonchev–Trinajstić information content (AvgIpc) is 2.12. The van der Waals surface area contributed by atoms with Gasteiger partial charge in [-0.1, -0.05) is 13.8 Å². The number of hydrogen-bond donors (Lipinski definition) is 1. The van der Waals surface area contributed by atoms with Gasteiger partial charge in [0.2, 0.25) is 0 Å². The van der Waals surface area contributed by atoms with Crippen LogP contribution in [-0.4, -0.2) is 57.0 Å². The minimum Gasteiger partial charge on any atom is -0.314 e. The Labute approximate surface area is 99.3 Å². The summed E-state index contributed by atoms with van der Waals surface area (Å²) in [7, 11) is -2.82. The van der Waals surface area contributed by atoms with Crippen LogP contribution in [0, 0.1) is 0 Å². The van der Waals surface area contributed by atoms with Gasteiger partial charge in [0.05, 0.1) is 5.75 Å². The van der Waals surface area contributed by atoms with Gasteiger partial charge in [0.15, 0.2) is 9.84 Å². The van der Waals surface area contributed by atoms with Gasteiger partial charge in [-0.05, 0) is 19.4 Å². The third kappa shape index (κ3) is 4.39. The summed E-state index contributed by atoms with van der Waals surface area (Å²) in [5.74, 6) is 0.646. The predicted molar refractivity (Wildman–Crippen MR) is 67.5 cm³/mol. The van der Waals surface area contributed by atoms with Crippen LogP contribution in [0.1, 0.15) is 26.7 Å². The van der Waals surface area contributed by atoms with E-state index in [1.165, 1.54) is 0 Å². The van der Waals surface area contributed by atoms with Crippen molar-refractivity contribution in [2.45, 2.75) is 32.7 Å². The van der Waals surface area contributed by atoms with E-state index in [0.29, 0.717) is 24.1 Å². The van der Waals surface area contributed by atoms with Gasteiger partial charge in [-0.2, -0.15) is 0 Å². The summed E-state index contributed by atoms with van der Waals surface area (Å²) in [6, 6.07) is 0.553. The number of rotatable bonds is 8. The quantitative estimate of drug-likeness (QED) is 0.679. The zero-order chi connectivity index (χ0) is 12.0. The van der Waals surface area contributed by atoms with E-state index in [4.69, 9.17) is 0 Å². The van der Waals surface area contributed by atoms with E-state index >= 15 is 0 Å². The molecule has 4 nitrogen and oxygen atoms in total. The fraction of sp³-hybridized carbons (Fsp3) is 1.00. The lowest BCUT2D eigenvalue weighted by molar-refractivity contribution is 0.154. The second kappa shape index (κ2) is 6.57. The van der Waals surface area contributed by atoms with Crippen LogP contribution in [0.5, 0.6) is 0 Å². The van der Waals surface area contributed by atoms with Gasteiger partial charge in [-0.3, -0.25) is 4.90 Å². The molecule has 0 radical (unpaired) electrons. The van der Waals surface area contributed by atoms with Gasteiger partial charge >= 0.3 is 0 Å². The molecular formula is C11H24N2O2S. The van der Waals surface area contributed by atoms with Gasteiger partial charge in [0, 0.05) is 31.4 Å². The molecule has 0 spiro atoms. The molecule has 0 amide bonds. The zero-order valence-electron chi connectivity index (χ0n) is 10.4. The molecule has 0 atom stereocenters. The Kier molecular flexibility index (Phi) is 5.72. The number of nitrogens with one attached hydrogen (secondary N) is 1. The van der Waals surface area contributed by atoms with Gasteiger partial charge in [-0.15, -0.1) is 0 Å². The van der Waals surface area contributed by atoms with Crippen LogP contribution in [0.15, 0.2) is 0 Å². The van der Waals surface area contributed by atoms with Crippen molar-refractivity contribution in [1.29, 1.82) is 0 Å². The first kappa shape index (κ1) is 13.9. The lowest BCUT2D eigenvalue weighted by Gasteiger charge is -2.38. The molecule has 96 valence electrons. The summed E-state index contributed by atoms with van der Waals surface area (Å²) < 4.78 is 23.3. The van der Waals surface area contributed by atoms with Crippen molar-refractivity contribution in [2.24, 2.45) is 0 Å². The maximum atomic E-state index is 11.6. The summed E-state index contributed by atoms with van der Waals surface area (Å²) in [4.78, 5) is 2.31. The van der Waals surface area contributed by atoms with Crippen molar-refractivity contribution in [3.63, 3.8) is 0 Å². The normalized spacial score (nSPS) is 17.7. The van der Waals surface area contributed by atoms with E-state index in [1.54, 1.807) is 0 Å². The number of hydrogen-bond acceptors (Lipinski definition) is 4. The molecule has 1 N–H and O–H groups in total. The Morgan fingerprint density at radius 3 is 2.25 bits per heavy atom. The highest BCUT2D eigenvalue weighted by molar-refractivity contribution is 7.91. The van der Waals surface area contributed by atoms with Crippen LogP contribution in [0.3, 0.4) is 0 Å². The lowest BCUT2D eigenvalue weighted by Crippen LogP contribution is -2.58. The second-order valence-electron chi connectivity index (χ2n) is 4.50. The monoisotopic (exact) mass is 248 g/mol. The molecule has 0 saturated carbocycles. The highest BCUT2D eigenvalue weighted by Gasteiger charge is 2.24. The zero-order valence-corrected chi connectivity index (χ0v) is 11.2. The maximum absolute atomic E-state index is 11.6. The molecule has 0 aromatic heterocycles. The van der Waals surface area contributed by atoms with E-state index in [0.717, 1.165) is 32.5 Å². The first-order chi connectivity index (χ1) is 7.59. The van der Waals surface area contributed by atoms with Crippen molar-refractivity contribution >= 4 is 9.84 Å². The second-order valence-corrected chi connectivity index (χ2v) is 6.80. The number of nitrogens with zero attached hydrogens (tertiary/aromatic N) is 1. The van der Waals surface area contributed by atoms with E-state index in [9.17, 15) is 8.42 Å². The third-order valence-corrected chi connectivity index (χ3v) is 4.83. The van der Waals surface area contributed by atoms with Gasteiger partial charge in [0.25, 0.3) is 0 Å². The van der Waals surface area contributed by atoms with E-state index in [1.807, 2.05) is 6.92 Å². The Morgan fingerprint density at radius 2 is 1.81 bits per heavy atom. The largest absolute Gasteiger partial charge is 0.314 e. The highest BCUT2D eigenvalue weighted by Crippen LogP contribution is 2.07. The summed E-state index contributed by atoms with van der Waals surface area (Å²) >= 11 is 0. The molecule has 5 heteroatoms.